The molecule has 0 amide bonds. The van der Waals surface area contributed by atoms with E-state index in [-0.39, 0.29) is 23.0 Å². The van der Waals surface area contributed by atoms with E-state index in [4.69, 9.17) is 9.47 Å². The highest BCUT2D eigenvalue weighted by atomic mass is 16.7. The van der Waals surface area contributed by atoms with E-state index in [1.54, 1.807) is 0 Å². The maximum atomic E-state index is 11.4. The van der Waals surface area contributed by atoms with Crippen LogP contribution >= 0.6 is 0 Å². The number of carboxylic acid groups (broad SMARTS) is 1. The van der Waals surface area contributed by atoms with Gasteiger partial charge >= 0.3 is 5.97 Å². The first-order chi connectivity index (χ1) is 16.5. The van der Waals surface area contributed by atoms with Crippen molar-refractivity contribution in [2.24, 2.45) is 40.4 Å². The molecule has 35 heavy (non-hydrogen) atoms. The summed E-state index contributed by atoms with van der Waals surface area (Å²) in [4.78, 5) is 11.4. The number of aliphatic hydroxyl groups excluding tert-OH is 4. The molecule has 0 aromatic heterocycles. The average molecular weight is 497 g/mol. The van der Waals surface area contributed by atoms with E-state index in [1.165, 1.54) is 25.7 Å². The van der Waals surface area contributed by atoms with Gasteiger partial charge in [0.25, 0.3) is 0 Å². The van der Waals surface area contributed by atoms with E-state index >= 15 is 0 Å². The molecular weight excluding hydrogens is 452 g/mol. The highest BCUT2D eigenvalue weighted by molar-refractivity contribution is 5.73. The Kier molecular flexibility index (Phi) is 6.80. The number of aliphatic carboxylic acids is 1. The summed E-state index contributed by atoms with van der Waals surface area (Å²) in [5.74, 6) is 1.60. The van der Waals surface area contributed by atoms with E-state index < -0.39 is 36.7 Å². The Labute approximate surface area is 208 Å². The van der Waals surface area contributed by atoms with Crippen molar-refractivity contribution in [1.82, 2.24) is 0 Å². The van der Waals surface area contributed by atoms with Crippen LogP contribution in [0.15, 0.2) is 0 Å². The molecule has 8 nitrogen and oxygen atoms in total. The van der Waals surface area contributed by atoms with E-state index in [0.717, 1.165) is 32.1 Å². The molecule has 4 saturated carbocycles. The minimum absolute atomic E-state index is 0.180. The minimum atomic E-state index is -1.70. The van der Waals surface area contributed by atoms with Crippen molar-refractivity contribution < 1.29 is 39.8 Å². The van der Waals surface area contributed by atoms with Gasteiger partial charge in [0.05, 0.1) is 12.2 Å². The maximum Gasteiger partial charge on any atom is 0.335 e. The summed E-state index contributed by atoms with van der Waals surface area (Å²) in [6.45, 7) is 6.86. The highest BCUT2D eigenvalue weighted by Crippen LogP contribution is 2.67. The predicted octanol–water partition coefficient (Wildman–Crippen LogP) is 2.30. The van der Waals surface area contributed by atoms with Crippen molar-refractivity contribution >= 4 is 5.97 Å². The molecule has 0 aromatic carbocycles. The quantitative estimate of drug-likeness (QED) is 0.374. The van der Waals surface area contributed by atoms with Crippen LogP contribution in [0.5, 0.6) is 0 Å². The molecule has 0 bridgehead atoms. The van der Waals surface area contributed by atoms with Gasteiger partial charge in [-0.2, -0.15) is 0 Å². The lowest BCUT2D eigenvalue weighted by Gasteiger charge is -2.61. The van der Waals surface area contributed by atoms with Crippen molar-refractivity contribution in [3.8, 4) is 0 Å². The molecule has 8 heteroatoms. The van der Waals surface area contributed by atoms with Crippen molar-refractivity contribution in [1.29, 1.82) is 0 Å². The number of rotatable bonds is 4. The summed E-state index contributed by atoms with van der Waals surface area (Å²) in [6, 6.07) is 0. The van der Waals surface area contributed by atoms with Gasteiger partial charge in [0.15, 0.2) is 12.4 Å². The number of hydrogen-bond donors (Lipinski definition) is 5. The Morgan fingerprint density at radius 2 is 1.60 bits per heavy atom. The number of carboxylic acids is 1. The van der Waals surface area contributed by atoms with Gasteiger partial charge in [-0.05, 0) is 105 Å². The third-order valence-electron chi connectivity index (χ3n) is 11.4. The van der Waals surface area contributed by atoms with Crippen molar-refractivity contribution in [2.45, 2.75) is 121 Å². The molecule has 5 fully saturated rings. The van der Waals surface area contributed by atoms with Gasteiger partial charge < -0.3 is 35.0 Å². The number of fused-ring (bicyclic) bond motifs is 5. The highest BCUT2D eigenvalue weighted by Gasteiger charge is 2.61. The Morgan fingerprint density at radius 1 is 0.914 bits per heavy atom. The van der Waals surface area contributed by atoms with Crippen LogP contribution in [0.4, 0.5) is 0 Å². The monoisotopic (exact) mass is 496 g/mol. The van der Waals surface area contributed by atoms with Gasteiger partial charge in [0.2, 0.25) is 0 Å². The topological polar surface area (TPSA) is 137 Å². The second-order valence-corrected chi connectivity index (χ2v) is 12.9. The van der Waals surface area contributed by atoms with E-state index in [0.29, 0.717) is 29.6 Å². The first-order valence-corrected chi connectivity index (χ1v) is 13.7. The maximum absolute atomic E-state index is 11.4. The normalized spacial score (nSPS) is 54.9. The molecule has 1 heterocycles. The lowest BCUT2D eigenvalue weighted by Crippen LogP contribution is -2.61. The van der Waals surface area contributed by atoms with Gasteiger partial charge in [-0.15, -0.1) is 0 Å². The summed E-state index contributed by atoms with van der Waals surface area (Å²) in [6.07, 6.45) is 1.63. The molecule has 4 aliphatic carbocycles. The fraction of sp³-hybridized carbons (Fsp3) is 0.963. The predicted molar refractivity (Wildman–Crippen MR) is 126 cm³/mol. The smallest absolute Gasteiger partial charge is 0.335 e. The summed E-state index contributed by atoms with van der Waals surface area (Å²) in [5, 5.41) is 50.2. The molecule has 5 N–H and O–H groups in total. The minimum Gasteiger partial charge on any atom is -0.479 e. The van der Waals surface area contributed by atoms with Crippen LogP contribution in [-0.4, -0.2) is 74.4 Å². The average Bonchev–Trinajstić information content (AvgIpc) is 3.17. The fourth-order valence-corrected chi connectivity index (χ4v) is 9.53. The number of hydrogen-bond acceptors (Lipinski definition) is 7. The van der Waals surface area contributed by atoms with E-state index in [2.05, 4.69) is 13.8 Å². The lowest BCUT2D eigenvalue weighted by atomic mass is 9.44. The van der Waals surface area contributed by atoms with Crippen LogP contribution in [0.3, 0.4) is 0 Å². The van der Waals surface area contributed by atoms with Gasteiger partial charge in [-0.3, -0.25) is 0 Å². The summed E-state index contributed by atoms with van der Waals surface area (Å²) in [7, 11) is 0. The second kappa shape index (κ2) is 9.21. The van der Waals surface area contributed by atoms with Crippen molar-refractivity contribution in [2.75, 3.05) is 0 Å². The molecule has 200 valence electrons. The third-order valence-corrected chi connectivity index (χ3v) is 11.4. The molecule has 0 aromatic rings. The molecule has 1 aliphatic heterocycles. The number of carbonyl (C=O) groups is 1. The van der Waals surface area contributed by atoms with Crippen LogP contribution in [0.2, 0.25) is 0 Å². The first kappa shape index (κ1) is 25.9. The SMILES string of the molecule is C[C@H](O)[C@@H]1CC[C@@H]2[C@@H]3CC[C@@H]4C[C@H](O[C@@H]5O[C@H](C(=O)O)[C@@H](O)[C@H](O)[C@H]5O)CC[C@]4(C)[C@H]3CC[C@@]21C. The standard InChI is InChI=1S/C27H44O8/c1-13(28)17-6-7-18-16-5-4-14-12-15(8-10-26(14,2)19(16)9-11-27(17,18)3)34-25-22(31)20(29)21(30)23(35-25)24(32)33/h13-23,25,28-31H,4-12H2,1-3H3,(H,32,33)/t13-,14+,15+,16-,17-,18+,19-,20-,21-,22+,23-,25+,26-,27+/m0/s1. The van der Waals surface area contributed by atoms with E-state index in [9.17, 15) is 30.3 Å². The fourth-order valence-electron chi connectivity index (χ4n) is 9.53. The number of aliphatic hydroxyl groups is 4. The summed E-state index contributed by atoms with van der Waals surface area (Å²) >= 11 is 0. The molecule has 0 unspecified atom stereocenters. The van der Waals surface area contributed by atoms with Gasteiger partial charge in [-0.1, -0.05) is 13.8 Å². The molecular formula is C27H44O8. The lowest BCUT2D eigenvalue weighted by molar-refractivity contribution is -0.309. The van der Waals surface area contributed by atoms with E-state index in [1.807, 2.05) is 6.92 Å². The Morgan fingerprint density at radius 3 is 2.29 bits per heavy atom. The zero-order valence-corrected chi connectivity index (χ0v) is 21.3. The van der Waals surface area contributed by atoms with Gasteiger partial charge in [-0.25, -0.2) is 4.79 Å². The zero-order chi connectivity index (χ0) is 25.3. The molecule has 0 radical (unpaired) electrons. The Bertz CT molecular complexity index is 804. The Balaban J connectivity index is 1.26. The van der Waals surface area contributed by atoms with Gasteiger partial charge in [0, 0.05) is 0 Å². The molecule has 5 aliphatic rings. The summed E-state index contributed by atoms with van der Waals surface area (Å²) < 4.78 is 11.4. The summed E-state index contributed by atoms with van der Waals surface area (Å²) in [5.41, 5.74) is 0.484. The Hall–Kier alpha value is -0.770. The number of ether oxygens (including phenoxy) is 2. The van der Waals surface area contributed by atoms with Crippen LogP contribution in [-0.2, 0) is 14.3 Å². The molecule has 0 spiro atoms. The van der Waals surface area contributed by atoms with Crippen molar-refractivity contribution in [3.63, 3.8) is 0 Å². The van der Waals surface area contributed by atoms with Crippen LogP contribution in [0.25, 0.3) is 0 Å². The molecule has 14 atom stereocenters. The van der Waals surface area contributed by atoms with Crippen LogP contribution in [0.1, 0.15) is 78.6 Å². The molecule has 1 saturated heterocycles. The first-order valence-electron chi connectivity index (χ1n) is 13.7. The second-order valence-electron chi connectivity index (χ2n) is 12.9. The van der Waals surface area contributed by atoms with Crippen LogP contribution < -0.4 is 0 Å². The van der Waals surface area contributed by atoms with Gasteiger partial charge in [0.1, 0.15) is 18.3 Å². The van der Waals surface area contributed by atoms with Crippen molar-refractivity contribution in [3.05, 3.63) is 0 Å². The third kappa shape index (κ3) is 4.07. The van der Waals surface area contributed by atoms with Crippen LogP contribution in [0, 0.1) is 40.4 Å². The molecule has 5 rings (SSSR count). The zero-order valence-electron chi connectivity index (χ0n) is 21.3. The largest absolute Gasteiger partial charge is 0.479 e.